The van der Waals surface area contributed by atoms with Crippen LogP contribution in [-0.4, -0.2) is 47.5 Å². The molecule has 4 rings (SSSR count). The zero-order valence-corrected chi connectivity index (χ0v) is 22.1. The summed E-state index contributed by atoms with van der Waals surface area (Å²) in [7, 11) is 4.26. The third kappa shape index (κ3) is 5.91. The largest absolute Gasteiger partial charge is 0.505 e. The second-order valence-electron chi connectivity index (χ2n) is 9.86. The predicted molar refractivity (Wildman–Crippen MR) is 146 cm³/mol. The number of carbonyl (C=O) groups is 1. The number of nitrogens with zero attached hydrogens (tertiary/aromatic N) is 2. The maximum absolute atomic E-state index is 13.1. The highest BCUT2D eigenvalue weighted by molar-refractivity contribution is 6.37. The highest BCUT2D eigenvalue weighted by atomic mass is 35.5. The van der Waals surface area contributed by atoms with E-state index in [4.69, 9.17) is 23.2 Å². The smallest absolute Gasteiger partial charge is 0.166 e. The van der Waals surface area contributed by atoms with E-state index in [1.54, 1.807) is 18.3 Å². The van der Waals surface area contributed by atoms with Crippen molar-refractivity contribution in [1.29, 1.82) is 0 Å². The molecule has 0 saturated heterocycles. The molecule has 0 aliphatic heterocycles. The Morgan fingerprint density at radius 1 is 1.09 bits per heavy atom. The molecule has 2 aromatic carbocycles. The third-order valence-corrected chi connectivity index (χ3v) is 7.39. The highest BCUT2D eigenvalue weighted by Gasteiger charge is 2.24. The minimum Gasteiger partial charge on any atom is -0.505 e. The Labute approximate surface area is 217 Å². The Kier molecular flexibility index (Phi) is 8.20. The van der Waals surface area contributed by atoms with Crippen molar-refractivity contribution in [2.45, 2.75) is 51.5 Å². The average Bonchev–Trinajstić information content (AvgIpc) is 2.83. The summed E-state index contributed by atoms with van der Waals surface area (Å²) in [6.45, 7) is 3.13. The number of phenolic OH excluding ortho intramolecular Hbond substituents is 1. The van der Waals surface area contributed by atoms with E-state index in [1.165, 1.54) is 12.8 Å². The molecule has 0 radical (unpaired) electrons. The van der Waals surface area contributed by atoms with E-state index in [-0.39, 0.29) is 21.6 Å². The van der Waals surface area contributed by atoms with Gasteiger partial charge in [0.2, 0.25) is 0 Å². The van der Waals surface area contributed by atoms with Gasteiger partial charge in [-0.15, -0.1) is 0 Å². The summed E-state index contributed by atoms with van der Waals surface area (Å²) < 4.78 is 0. The van der Waals surface area contributed by atoms with E-state index in [0.29, 0.717) is 23.9 Å². The molecule has 0 atom stereocenters. The number of ketones is 1. The van der Waals surface area contributed by atoms with E-state index in [2.05, 4.69) is 29.3 Å². The van der Waals surface area contributed by atoms with Crippen LogP contribution in [0.25, 0.3) is 22.0 Å². The summed E-state index contributed by atoms with van der Waals surface area (Å²) in [6, 6.07) is 9.65. The number of pyridine rings is 1. The summed E-state index contributed by atoms with van der Waals surface area (Å²) >= 11 is 12.4. The first kappa shape index (κ1) is 25.7. The van der Waals surface area contributed by atoms with E-state index in [1.807, 2.05) is 25.1 Å². The van der Waals surface area contributed by atoms with Gasteiger partial charge in [0.25, 0.3) is 0 Å². The maximum Gasteiger partial charge on any atom is 0.166 e. The van der Waals surface area contributed by atoms with Gasteiger partial charge in [-0.1, -0.05) is 36.2 Å². The number of nitrogens with one attached hydrogen (secondary N) is 1. The number of rotatable bonds is 8. The Hall–Kier alpha value is -2.34. The first-order valence-corrected chi connectivity index (χ1v) is 13.1. The van der Waals surface area contributed by atoms with Gasteiger partial charge in [-0.2, -0.15) is 0 Å². The number of halogens is 2. The second-order valence-corrected chi connectivity index (χ2v) is 10.7. The molecular formula is C28H33Cl2N3O2. The normalized spacial score (nSPS) is 18.2. The number of aromatic hydroxyl groups is 1. The number of Topliss-reactive ketones (excluding diaryl/α,β-unsaturated/α-hetero) is 1. The van der Waals surface area contributed by atoms with Crippen LogP contribution in [0, 0.1) is 5.92 Å². The monoisotopic (exact) mass is 513 g/mol. The van der Waals surface area contributed by atoms with E-state index < -0.39 is 0 Å². The fourth-order valence-electron chi connectivity index (χ4n) is 5.04. The molecule has 1 saturated carbocycles. The van der Waals surface area contributed by atoms with Gasteiger partial charge in [0, 0.05) is 30.6 Å². The molecule has 0 spiro atoms. The number of hydrogen-bond acceptors (Lipinski definition) is 5. The van der Waals surface area contributed by atoms with E-state index >= 15 is 0 Å². The van der Waals surface area contributed by atoms with Gasteiger partial charge >= 0.3 is 0 Å². The van der Waals surface area contributed by atoms with Gasteiger partial charge in [0.1, 0.15) is 0 Å². The van der Waals surface area contributed by atoms with Crippen LogP contribution in [0.2, 0.25) is 10.0 Å². The van der Waals surface area contributed by atoms with Crippen LogP contribution in [-0.2, 0) is 0 Å². The molecule has 7 heteroatoms. The molecule has 1 heterocycles. The summed E-state index contributed by atoms with van der Waals surface area (Å²) in [5, 5.41) is 15.0. The summed E-state index contributed by atoms with van der Waals surface area (Å²) in [5.74, 6) is 0.694. The number of hydrogen-bond donors (Lipinski definition) is 2. The first-order valence-electron chi connectivity index (χ1n) is 12.3. The predicted octanol–water partition coefficient (Wildman–Crippen LogP) is 7.43. The molecule has 1 aliphatic rings. The molecule has 2 N–H and O–H groups in total. The van der Waals surface area contributed by atoms with Crippen molar-refractivity contribution in [2.75, 3.05) is 26.0 Å². The maximum atomic E-state index is 13.1. The Balaban J connectivity index is 1.73. The van der Waals surface area contributed by atoms with Crippen LogP contribution < -0.4 is 5.32 Å². The molecule has 1 aromatic heterocycles. The number of benzene rings is 2. The van der Waals surface area contributed by atoms with Crippen molar-refractivity contribution in [3.8, 4) is 16.9 Å². The quantitative estimate of drug-likeness (QED) is 0.306. The van der Waals surface area contributed by atoms with Crippen LogP contribution in [0.1, 0.15) is 55.8 Å². The van der Waals surface area contributed by atoms with Gasteiger partial charge in [-0.3, -0.25) is 9.78 Å². The van der Waals surface area contributed by atoms with E-state index in [0.717, 1.165) is 53.5 Å². The van der Waals surface area contributed by atoms with Crippen molar-refractivity contribution in [3.05, 3.63) is 52.1 Å². The lowest BCUT2D eigenvalue weighted by molar-refractivity contribution is 0.0982. The summed E-state index contributed by atoms with van der Waals surface area (Å²) in [6.07, 6.45) is 7.49. The summed E-state index contributed by atoms with van der Waals surface area (Å²) in [5.41, 5.74) is 4.01. The zero-order chi connectivity index (χ0) is 25.1. The molecule has 0 unspecified atom stereocenters. The lowest BCUT2D eigenvalue weighted by atomic mass is 9.85. The van der Waals surface area contributed by atoms with Gasteiger partial charge in [0.05, 0.1) is 26.8 Å². The molecule has 1 fully saturated rings. The molecule has 0 amide bonds. The van der Waals surface area contributed by atoms with Crippen molar-refractivity contribution < 1.29 is 9.90 Å². The fourth-order valence-corrected chi connectivity index (χ4v) is 5.53. The summed E-state index contributed by atoms with van der Waals surface area (Å²) in [4.78, 5) is 19.9. The molecule has 35 heavy (non-hydrogen) atoms. The molecule has 5 nitrogen and oxygen atoms in total. The number of carbonyl (C=O) groups excluding carboxylic acids is 1. The van der Waals surface area contributed by atoms with Crippen LogP contribution in [0.3, 0.4) is 0 Å². The SMILES string of the molecule is CCCC(=O)c1cnc2ccc(-c3cc(Cl)c(O)c(Cl)c3)cc2c1N[C@H]1CC[C@H](CN(C)C)CC1. The molecule has 0 bridgehead atoms. The minimum atomic E-state index is -0.126. The van der Waals surface area contributed by atoms with Crippen molar-refractivity contribution in [3.63, 3.8) is 0 Å². The number of phenols is 1. The Bertz CT molecular complexity index is 1200. The first-order chi connectivity index (χ1) is 16.8. The number of fused-ring (bicyclic) bond motifs is 1. The number of aromatic nitrogens is 1. The van der Waals surface area contributed by atoms with Gasteiger partial charge in [-0.05, 0) is 87.5 Å². The van der Waals surface area contributed by atoms with Gasteiger partial charge in [0.15, 0.2) is 11.5 Å². The Morgan fingerprint density at radius 2 is 1.77 bits per heavy atom. The molecule has 1 aliphatic carbocycles. The third-order valence-electron chi connectivity index (χ3n) is 6.81. The standard InChI is InChI=1S/C28H33Cl2N3O2/c1-4-5-26(34)22-15-31-25-11-8-18(19-13-23(29)28(35)24(30)14-19)12-21(25)27(22)32-20-9-6-17(7-10-20)16-33(2)3/h8,11-15,17,20,35H,4-7,9-10,16H2,1-3H3,(H,31,32)/t17-,20-. The van der Waals surface area contributed by atoms with Crippen LogP contribution >= 0.6 is 23.2 Å². The molecular weight excluding hydrogens is 481 g/mol. The Morgan fingerprint density at radius 3 is 2.40 bits per heavy atom. The van der Waals surface area contributed by atoms with Crippen LogP contribution in [0.5, 0.6) is 5.75 Å². The molecule has 186 valence electrons. The van der Waals surface area contributed by atoms with E-state index in [9.17, 15) is 9.90 Å². The van der Waals surface area contributed by atoms with Crippen molar-refractivity contribution in [2.24, 2.45) is 5.92 Å². The van der Waals surface area contributed by atoms with Gasteiger partial charge in [-0.25, -0.2) is 0 Å². The minimum absolute atomic E-state index is 0.104. The van der Waals surface area contributed by atoms with Crippen LogP contribution in [0.15, 0.2) is 36.5 Å². The number of anilines is 1. The van der Waals surface area contributed by atoms with Crippen molar-refractivity contribution in [1.82, 2.24) is 9.88 Å². The second kappa shape index (κ2) is 11.2. The zero-order valence-electron chi connectivity index (χ0n) is 20.6. The van der Waals surface area contributed by atoms with Crippen molar-refractivity contribution >= 4 is 45.6 Å². The lowest BCUT2D eigenvalue weighted by Gasteiger charge is -2.32. The lowest BCUT2D eigenvalue weighted by Crippen LogP contribution is -2.31. The topological polar surface area (TPSA) is 65.5 Å². The molecule has 3 aromatic rings. The van der Waals surface area contributed by atoms with Crippen LogP contribution in [0.4, 0.5) is 5.69 Å². The fraction of sp³-hybridized carbons (Fsp3) is 0.429. The average molecular weight is 514 g/mol. The highest BCUT2D eigenvalue weighted by Crippen LogP contribution is 2.39. The van der Waals surface area contributed by atoms with Gasteiger partial charge < -0.3 is 15.3 Å².